The van der Waals surface area contributed by atoms with Gasteiger partial charge in [0.1, 0.15) is 5.82 Å². The van der Waals surface area contributed by atoms with Gasteiger partial charge in [-0.1, -0.05) is 12.1 Å². The minimum absolute atomic E-state index is 0.105. The third-order valence-electron chi connectivity index (χ3n) is 3.35. The van der Waals surface area contributed by atoms with Crippen molar-refractivity contribution in [1.29, 1.82) is 0 Å². The summed E-state index contributed by atoms with van der Waals surface area (Å²) in [6, 6.07) is 5.51. The first-order chi connectivity index (χ1) is 8.72. The number of benzene rings is 1. The van der Waals surface area contributed by atoms with Gasteiger partial charge in [-0.05, 0) is 38.4 Å². The van der Waals surface area contributed by atoms with Gasteiger partial charge in [-0.2, -0.15) is 0 Å². The Morgan fingerprint density at radius 2 is 2.11 bits per heavy atom. The van der Waals surface area contributed by atoms with Gasteiger partial charge in [0, 0.05) is 29.4 Å². The molecule has 0 bridgehead atoms. The van der Waals surface area contributed by atoms with Crippen molar-refractivity contribution in [1.82, 2.24) is 5.32 Å². The van der Waals surface area contributed by atoms with E-state index in [4.69, 9.17) is 4.74 Å². The molecular weight excluding hydrogens is 249 g/mol. The standard InChI is InChI=1S/C14H20FNOS/c1-10(16-2)12-4-3-5-13(15)14(12)18-11-6-8-17-9-7-11/h3-5,10-11,16H,6-9H2,1-2H3. The number of halogens is 1. The zero-order valence-corrected chi connectivity index (χ0v) is 11.7. The first-order valence-corrected chi connectivity index (χ1v) is 7.30. The molecule has 0 aromatic heterocycles. The molecule has 1 heterocycles. The number of rotatable bonds is 4. The maximum Gasteiger partial charge on any atom is 0.137 e. The summed E-state index contributed by atoms with van der Waals surface area (Å²) in [5.74, 6) is -0.105. The van der Waals surface area contributed by atoms with Crippen LogP contribution in [0.15, 0.2) is 23.1 Å². The first kappa shape index (κ1) is 13.8. The molecule has 2 rings (SSSR count). The molecule has 4 heteroatoms. The lowest BCUT2D eigenvalue weighted by atomic mass is 10.1. The second kappa shape index (κ2) is 6.55. The minimum atomic E-state index is -0.105. The third kappa shape index (κ3) is 3.25. The molecule has 1 atom stereocenters. The minimum Gasteiger partial charge on any atom is -0.381 e. The zero-order chi connectivity index (χ0) is 13.0. The highest BCUT2D eigenvalue weighted by Crippen LogP contribution is 2.36. The molecule has 0 amide bonds. The van der Waals surface area contributed by atoms with E-state index in [0.29, 0.717) is 5.25 Å². The van der Waals surface area contributed by atoms with E-state index < -0.39 is 0 Å². The van der Waals surface area contributed by atoms with Gasteiger partial charge in [0.15, 0.2) is 0 Å². The van der Waals surface area contributed by atoms with Gasteiger partial charge in [-0.15, -0.1) is 11.8 Å². The van der Waals surface area contributed by atoms with Crippen LogP contribution >= 0.6 is 11.8 Å². The molecule has 0 spiro atoms. The Morgan fingerprint density at radius 3 is 2.78 bits per heavy atom. The van der Waals surface area contributed by atoms with Crippen LogP contribution < -0.4 is 5.32 Å². The lowest BCUT2D eigenvalue weighted by Gasteiger charge is -2.24. The number of ether oxygens (including phenoxy) is 1. The molecule has 1 aliphatic rings. The maximum absolute atomic E-state index is 14.0. The van der Waals surface area contributed by atoms with Crippen LogP contribution in [0.3, 0.4) is 0 Å². The molecule has 0 radical (unpaired) electrons. The predicted molar refractivity (Wildman–Crippen MR) is 73.6 cm³/mol. The average molecular weight is 269 g/mol. The summed E-state index contributed by atoms with van der Waals surface area (Å²) in [7, 11) is 1.90. The summed E-state index contributed by atoms with van der Waals surface area (Å²) in [5.41, 5.74) is 1.05. The maximum atomic E-state index is 14.0. The highest BCUT2D eigenvalue weighted by molar-refractivity contribution is 8.00. The van der Waals surface area contributed by atoms with Crippen molar-refractivity contribution in [2.45, 2.75) is 36.0 Å². The van der Waals surface area contributed by atoms with Gasteiger partial charge < -0.3 is 10.1 Å². The molecule has 1 aromatic carbocycles. The van der Waals surface area contributed by atoms with Crippen LogP contribution in [0.5, 0.6) is 0 Å². The summed E-state index contributed by atoms with van der Waals surface area (Å²) in [4.78, 5) is 0.797. The second-order valence-corrected chi connectivity index (χ2v) is 5.91. The van der Waals surface area contributed by atoms with E-state index in [1.165, 1.54) is 0 Å². The Labute approximate surface area is 112 Å². The van der Waals surface area contributed by atoms with Crippen LogP contribution in [-0.2, 0) is 4.74 Å². The van der Waals surface area contributed by atoms with Crippen LogP contribution in [-0.4, -0.2) is 25.5 Å². The van der Waals surface area contributed by atoms with Crippen molar-refractivity contribution in [2.75, 3.05) is 20.3 Å². The van der Waals surface area contributed by atoms with E-state index in [9.17, 15) is 4.39 Å². The first-order valence-electron chi connectivity index (χ1n) is 6.42. The lowest BCUT2D eigenvalue weighted by molar-refractivity contribution is 0.1000. The molecule has 1 N–H and O–H groups in total. The Hall–Kier alpha value is -0.580. The highest BCUT2D eigenvalue weighted by atomic mass is 32.2. The van der Waals surface area contributed by atoms with Gasteiger partial charge in [0.25, 0.3) is 0 Å². The van der Waals surface area contributed by atoms with Gasteiger partial charge in [-0.25, -0.2) is 4.39 Å². The third-order valence-corrected chi connectivity index (χ3v) is 4.82. The van der Waals surface area contributed by atoms with E-state index in [0.717, 1.165) is 36.5 Å². The van der Waals surface area contributed by atoms with E-state index in [-0.39, 0.29) is 11.9 Å². The smallest absolute Gasteiger partial charge is 0.137 e. The Morgan fingerprint density at radius 1 is 1.39 bits per heavy atom. The van der Waals surface area contributed by atoms with Crippen LogP contribution in [0.2, 0.25) is 0 Å². The summed E-state index contributed by atoms with van der Waals surface area (Å²) in [6.45, 7) is 3.65. The van der Waals surface area contributed by atoms with E-state index in [2.05, 4.69) is 12.2 Å². The van der Waals surface area contributed by atoms with Gasteiger partial charge in [0.2, 0.25) is 0 Å². The molecule has 1 unspecified atom stereocenters. The molecule has 0 saturated carbocycles. The fraction of sp³-hybridized carbons (Fsp3) is 0.571. The number of thioether (sulfide) groups is 1. The van der Waals surface area contributed by atoms with Crippen molar-refractivity contribution in [3.63, 3.8) is 0 Å². The topological polar surface area (TPSA) is 21.3 Å². The van der Waals surface area contributed by atoms with Crippen LogP contribution in [0.25, 0.3) is 0 Å². The number of hydrogen-bond acceptors (Lipinski definition) is 3. The normalized spacial score (nSPS) is 18.8. The van der Waals surface area contributed by atoms with E-state index in [1.807, 2.05) is 13.1 Å². The van der Waals surface area contributed by atoms with Crippen LogP contribution in [0, 0.1) is 5.82 Å². The fourth-order valence-electron chi connectivity index (χ4n) is 2.11. The Balaban J connectivity index is 2.19. The molecular formula is C14H20FNOS. The number of hydrogen-bond donors (Lipinski definition) is 1. The van der Waals surface area contributed by atoms with Crippen molar-refractivity contribution in [2.24, 2.45) is 0 Å². The molecule has 1 aliphatic heterocycles. The molecule has 18 heavy (non-hydrogen) atoms. The van der Waals surface area contributed by atoms with Gasteiger partial charge in [-0.3, -0.25) is 0 Å². The van der Waals surface area contributed by atoms with E-state index >= 15 is 0 Å². The molecule has 100 valence electrons. The summed E-state index contributed by atoms with van der Waals surface area (Å²) in [5, 5.41) is 3.65. The molecule has 0 aliphatic carbocycles. The quantitative estimate of drug-likeness (QED) is 0.905. The van der Waals surface area contributed by atoms with Gasteiger partial charge in [0.05, 0.1) is 0 Å². The van der Waals surface area contributed by atoms with Crippen LogP contribution in [0.4, 0.5) is 4.39 Å². The van der Waals surface area contributed by atoms with Crippen LogP contribution in [0.1, 0.15) is 31.4 Å². The van der Waals surface area contributed by atoms with E-state index in [1.54, 1.807) is 23.9 Å². The number of nitrogens with one attached hydrogen (secondary N) is 1. The zero-order valence-electron chi connectivity index (χ0n) is 10.9. The van der Waals surface area contributed by atoms with Gasteiger partial charge >= 0.3 is 0 Å². The molecule has 1 fully saturated rings. The summed E-state index contributed by atoms with van der Waals surface area (Å²) in [6.07, 6.45) is 2.01. The van der Waals surface area contributed by atoms with Crippen molar-refractivity contribution in [3.05, 3.63) is 29.6 Å². The monoisotopic (exact) mass is 269 g/mol. The fourth-order valence-corrected chi connectivity index (χ4v) is 3.43. The molecule has 1 aromatic rings. The van der Waals surface area contributed by atoms with Crippen molar-refractivity contribution >= 4 is 11.8 Å². The Kier molecular flexibility index (Phi) is 5.03. The largest absolute Gasteiger partial charge is 0.381 e. The Bertz CT molecular complexity index is 393. The highest BCUT2D eigenvalue weighted by Gasteiger charge is 2.20. The average Bonchev–Trinajstić information content (AvgIpc) is 2.41. The molecule has 1 saturated heterocycles. The second-order valence-electron chi connectivity index (χ2n) is 4.60. The molecule has 2 nitrogen and oxygen atoms in total. The summed E-state index contributed by atoms with van der Waals surface area (Å²) >= 11 is 1.67. The van der Waals surface area contributed by atoms with Crippen molar-refractivity contribution in [3.8, 4) is 0 Å². The predicted octanol–water partition coefficient (Wildman–Crippen LogP) is 3.38. The lowest BCUT2D eigenvalue weighted by Crippen LogP contribution is -2.19. The van der Waals surface area contributed by atoms with Crippen molar-refractivity contribution < 1.29 is 9.13 Å². The SMILES string of the molecule is CNC(C)c1cccc(F)c1SC1CCOCC1. The summed E-state index contributed by atoms with van der Waals surface area (Å²) < 4.78 is 19.4.